The van der Waals surface area contributed by atoms with Crippen molar-refractivity contribution in [3.05, 3.63) is 17.8 Å². The van der Waals surface area contributed by atoms with Crippen molar-refractivity contribution in [3.8, 4) is 0 Å². The van der Waals surface area contributed by atoms with Crippen LogP contribution in [0.25, 0.3) is 0 Å². The third kappa shape index (κ3) is 3.10. The molecule has 0 bridgehead atoms. The Bertz CT molecular complexity index is 403. The van der Waals surface area contributed by atoms with E-state index in [1.807, 2.05) is 6.92 Å². The van der Waals surface area contributed by atoms with Crippen LogP contribution in [0.5, 0.6) is 0 Å². The summed E-state index contributed by atoms with van der Waals surface area (Å²) in [6.45, 7) is 3.26. The number of hydrogen-bond acceptors (Lipinski definition) is 4. The van der Waals surface area contributed by atoms with E-state index < -0.39 is 5.97 Å². The van der Waals surface area contributed by atoms with E-state index in [-0.39, 0.29) is 11.8 Å². The Morgan fingerprint density at radius 3 is 3.00 bits per heavy atom. The lowest BCUT2D eigenvalue weighted by Crippen LogP contribution is -2.34. The molecule has 5 nitrogen and oxygen atoms in total. The van der Waals surface area contributed by atoms with Gasteiger partial charge in [0.1, 0.15) is 5.76 Å². The Labute approximate surface area is 107 Å². The molecule has 1 fully saturated rings. The first-order chi connectivity index (χ1) is 8.68. The van der Waals surface area contributed by atoms with Crippen LogP contribution in [0.1, 0.15) is 37.1 Å². The fraction of sp³-hybridized carbons (Fsp3) is 0.692. The minimum absolute atomic E-state index is 0.190. The third-order valence-corrected chi connectivity index (χ3v) is 3.77. The molecule has 100 valence electrons. The van der Waals surface area contributed by atoms with Crippen molar-refractivity contribution in [2.75, 3.05) is 6.54 Å². The van der Waals surface area contributed by atoms with Crippen molar-refractivity contribution < 1.29 is 14.3 Å². The summed E-state index contributed by atoms with van der Waals surface area (Å²) in [5.74, 6) is 0.216. The zero-order chi connectivity index (χ0) is 13.0. The van der Waals surface area contributed by atoms with Gasteiger partial charge in [-0.1, -0.05) is 12.8 Å². The molecule has 2 N–H and O–H groups in total. The van der Waals surface area contributed by atoms with Crippen LogP contribution < -0.4 is 5.32 Å². The number of hydrogen-bond donors (Lipinski definition) is 2. The molecular formula is C13H20N2O3. The molecule has 2 rings (SSSR count). The fourth-order valence-corrected chi connectivity index (χ4v) is 2.65. The van der Waals surface area contributed by atoms with Gasteiger partial charge in [-0.05, 0) is 32.2 Å². The normalized spacial score (nSPS) is 24.1. The number of aromatic nitrogens is 1. The molecule has 1 aromatic rings. The highest BCUT2D eigenvalue weighted by Gasteiger charge is 2.30. The Hall–Kier alpha value is -1.36. The predicted molar refractivity (Wildman–Crippen MR) is 66.0 cm³/mol. The number of carboxylic acid groups (broad SMARTS) is 1. The van der Waals surface area contributed by atoms with E-state index in [1.165, 1.54) is 6.39 Å². The summed E-state index contributed by atoms with van der Waals surface area (Å²) >= 11 is 0. The lowest BCUT2D eigenvalue weighted by Gasteiger charge is -2.28. The average molecular weight is 252 g/mol. The zero-order valence-electron chi connectivity index (χ0n) is 10.7. The van der Waals surface area contributed by atoms with Crippen LogP contribution >= 0.6 is 0 Å². The number of nitrogens with one attached hydrogen (secondary N) is 1. The monoisotopic (exact) mass is 252 g/mol. The van der Waals surface area contributed by atoms with Crippen molar-refractivity contribution in [1.82, 2.24) is 10.3 Å². The topological polar surface area (TPSA) is 75.4 Å². The first kappa shape index (κ1) is 13.1. The average Bonchev–Trinajstić information content (AvgIpc) is 2.76. The molecule has 1 aliphatic carbocycles. The van der Waals surface area contributed by atoms with Gasteiger partial charge in [-0.25, -0.2) is 4.98 Å². The van der Waals surface area contributed by atoms with Crippen LogP contribution in [-0.4, -0.2) is 22.6 Å². The van der Waals surface area contributed by atoms with Gasteiger partial charge in [0.25, 0.3) is 0 Å². The molecule has 0 amide bonds. The largest absolute Gasteiger partial charge is 0.481 e. The number of nitrogens with zero attached hydrogens (tertiary/aromatic N) is 1. The minimum Gasteiger partial charge on any atom is -0.481 e. The number of oxazole rings is 1. The van der Waals surface area contributed by atoms with Crippen LogP contribution in [0.3, 0.4) is 0 Å². The quantitative estimate of drug-likeness (QED) is 0.838. The van der Waals surface area contributed by atoms with Gasteiger partial charge in [0.05, 0.1) is 11.6 Å². The summed E-state index contributed by atoms with van der Waals surface area (Å²) in [4.78, 5) is 15.3. The summed E-state index contributed by atoms with van der Waals surface area (Å²) in [7, 11) is 0. The second kappa shape index (κ2) is 6.00. The summed E-state index contributed by atoms with van der Waals surface area (Å²) in [6, 6.07) is 0. The maximum Gasteiger partial charge on any atom is 0.306 e. The first-order valence-corrected chi connectivity index (χ1v) is 6.51. The van der Waals surface area contributed by atoms with Crippen molar-refractivity contribution in [2.24, 2.45) is 11.8 Å². The first-order valence-electron chi connectivity index (χ1n) is 6.51. The Balaban J connectivity index is 1.81. The maximum absolute atomic E-state index is 11.2. The van der Waals surface area contributed by atoms with Gasteiger partial charge in [0.2, 0.25) is 0 Å². The van der Waals surface area contributed by atoms with Gasteiger partial charge in [0, 0.05) is 6.54 Å². The van der Waals surface area contributed by atoms with Gasteiger partial charge in [-0.3, -0.25) is 4.79 Å². The number of carbonyl (C=O) groups is 1. The lowest BCUT2D eigenvalue weighted by molar-refractivity contribution is -0.144. The van der Waals surface area contributed by atoms with Crippen molar-refractivity contribution in [2.45, 2.75) is 39.2 Å². The molecular weight excluding hydrogens is 232 g/mol. The van der Waals surface area contributed by atoms with Crippen molar-refractivity contribution in [1.29, 1.82) is 0 Å². The molecule has 0 saturated heterocycles. The number of rotatable bonds is 5. The fourth-order valence-electron chi connectivity index (χ4n) is 2.65. The van der Waals surface area contributed by atoms with Crippen LogP contribution in [0.4, 0.5) is 0 Å². The number of aliphatic carboxylic acids is 1. The Morgan fingerprint density at radius 1 is 1.56 bits per heavy atom. The Morgan fingerprint density at radius 2 is 2.33 bits per heavy atom. The highest BCUT2D eigenvalue weighted by molar-refractivity contribution is 5.70. The smallest absolute Gasteiger partial charge is 0.306 e. The molecule has 1 aliphatic rings. The SMILES string of the molecule is Cc1ocnc1CNCC1CCCCC1C(=O)O. The molecule has 0 radical (unpaired) electrons. The summed E-state index contributed by atoms with van der Waals surface area (Å²) < 4.78 is 5.12. The van der Waals surface area contributed by atoms with Gasteiger partial charge in [0.15, 0.2) is 6.39 Å². The highest BCUT2D eigenvalue weighted by atomic mass is 16.4. The lowest BCUT2D eigenvalue weighted by atomic mass is 9.79. The van der Waals surface area contributed by atoms with Gasteiger partial charge >= 0.3 is 5.97 Å². The van der Waals surface area contributed by atoms with E-state index >= 15 is 0 Å². The molecule has 1 heterocycles. The zero-order valence-corrected chi connectivity index (χ0v) is 10.7. The van der Waals surface area contributed by atoms with E-state index in [9.17, 15) is 9.90 Å². The molecule has 1 saturated carbocycles. The number of aryl methyl sites for hydroxylation is 1. The molecule has 0 aliphatic heterocycles. The minimum atomic E-state index is -0.654. The van der Waals surface area contributed by atoms with E-state index in [0.717, 1.165) is 43.7 Å². The molecule has 0 spiro atoms. The second-order valence-electron chi connectivity index (χ2n) is 4.98. The maximum atomic E-state index is 11.2. The highest BCUT2D eigenvalue weighted by Crippen LogP contribution is 2.29. The molecule has 18 heavy (non-hydrogen) atoms. The van der Waals surface area contributed by atoms with Crippen LogP contribution in [0, 0.1) is 18.8 Å². The summed E-state index contributed by atoms with van der Waals surface area (Å²) in [6.07, 6.45) is 5.43. The number of carboxylic acids is 1. The van der Waals surface area contributed by atoms with Crippen LogP contribution in [0.2, 0.25) is 0 Å². The standard InChI is InChI=1S/C13H20N2O3/c1-9-12(15-8-18-9)7-14-6-10-4-2-3-5-11(10)13(16)17/h8,10-11,14H,2-7H2,1H3,(H,16,17). The van der Waals surface area contributed by atoms with E-state index in [4.69, 9.17) is 4.42 Å². The Kier molecular flexibility index (Phi) is 4.36. The third-order valence-electron chi connectivity index (χ3n) is 3.77. The molecule has 0 aromatic carbocycles. The molecule has 2 atom stereocenters. The predicted octanol–water partition coefficient (Wildman–Crippen LogP) is 1.96. The van der Waals surface area contributed by atoms with Crippen molar-refractivity contribution in [3.63, 3.8) is 0 Å². The van der Waals surface area contributed by atoms with Crippen LogP contribution in [-0.2, 0) is 11.3 Å². The van der Waals surface area contributed by atoms with Gasteiger partial charge < -0.3 is 14.8 Å². The summed E-state index contributed by atoms with van der Waals surface area (Å²) in [5.41, 5.74) is 0.901. The van der Waals surface area contributed by atoms with Gasteiger partial charge in [-0.15, -0.1) is 0 Å². The second-order valence-corrected chi connectivity index (χ2v) is 4.98. The van der Waals surface area contributed by atoms with E-state index in [0.29, 0.717) is 6.54 Å². The van der Waals surface area contributed by atoms with E-state index in [2.05, 4.69) is 10.3 Å². The molecule has 1 aromatic heterocycles. The van der Waals surface area contributed by atoms with E-state index in [1.54, 1.807) is 0 Å². The molecule has 5 heteroatoms. The van der Waals surface area contributed by atoms with Gasteiger partial charge in [-0.2, -0.15) is 0 Å². The molecule has 2 unspecified atom stereocenters. The van der Waals surface area contributed by atoms with Crippen molar-refractivity contribution >= 4 is 5.97 Å². The summed E-state index contributed by atoms with van der Waals surface area (Å²) in [5, 5.41) is 12.5. The van der Waals surface area contributed by atoms with Crippen LogP contribution in [0.15, 0.2) is 10.8 Å².